The molecule has 24 heavy (non-hydrogen) atoms. The first-order chi connectivity index (χ1) is 11.7. The minimum Gasteiger partial charge on any atom is -0.326 e. The van der Waals surface area contributed by atoms with Crippen LogP contribution in [0, 0.1) is 0 Å². The second-order valence-corrected chi connectivity index (χ2v) is 6.53. The Morgan fingerprint density at radius 2 is 2.04 bits per heavy atom. The molecule has 2 aliphatic rings. The molecule has 1 amide bonds. The highest BCUT2D eigenvalue weighted by Crippen LogP contribution is 2.29. The number of nitrogens with one attached hydrogen (secondary N) is 1. The summed E-state index contributed by atoms with van der Waals surface area (Å²) in [6.45, 7) is 1.20. The van der Waals surface area contributed by atoms with Gasteiger partial charge in [-0.05, 0) is 54.7 Å². The van der Waals surface area contributed by atoms with Crippen LogP contribution in [0.3, 0.4) is 0 Å². The SMILES string of the molecule is O=C(c1cccc(Cl)c1)N1CCN=C1Nc1cccc2c1CCC2. The molecule has 0 saturated heterocycles. The minimum absolute atomic E-state index is 0.0752. The summed E-state index contributed by atoms with van der Waals surface area (Å²) in [5.74, 6) is 0.550. The fraction of sp³-hybridized carbons (Fsp3) is 0.263. The van der Waals surface area contributed by atoms with Crippen LogP contribution in [0.4, 0.5) is 5.69 Å². The van der Waals surface area contributed by atoms with Crippen LogP contribution in [-0.2, 0) is 12.8 Å². The summed E-state index contributed by atoms with van der Waals surface area (Å²) in [5, 5.41) is 3.94. The number of carbonyl (C=O) groups is 1. The molecule has 122 valence electrons. The van der Waals surface area contributed by atoms with Crippen LogP contribution in [0.15, 0.2) is 47.5 Å². The van der Waals surface area contributed by atoms with Gasteiger partial charge in [-0.1, -0.05) is 29.8 Å². The number of carbonyl (C=O) groups excluding carboxylic acids is 1. The van der Waals surface area contributed by atoms with E-state index in [2.05, 4.69) is 28.5 Å². The Bertz CT molecular complexity index is 831. The van der Waals surface area contributed by atoms with Gasteiger partial charge < -0.3 is 5.32 Å². The summed E-state index contributed by atoms with van der Waals surface area (Å²) in [4.78, 5) is 19.0. The molecule has 1 aliphatic heterocycles. The smallest absolute Gasteiger partial charge is 0.260 e. The predicted molar refractivity (Wildman–Crippen MR) is 96.9 cm³/mol. The van der Waals surface area contributed by atoms with Crippen molar-refractivity contribution in [1.29, 1.82) is 0 Å². The van der Waals surface area contributed by atoms with Crippen molar-refractivity contribution in [1.82, 2.24) is 4.90 Å². The van der Waals surface area contributed by atoms with Gasteiger partial charge >= 0.3 is 0 Å². The van der Waals surface area contributed by atoms with E-state index in [-0.39, 0.29) is 5.91 Å². The monoisotopic (exact) mass is 339 g/mol. The van der Waals surface area contributed by atoms with Crippen LogP contribution < -0.4 is 5.32 Å². The van der Waals surface area contributed by atoms with E-state index in [4.69, 9.17) is 11.6 Å². The zero-order valence-electron chi connectivity index (χ0n) is 13.3. The number of aliphatic imine (C=N–C) groups is 1. The number of hydrogen-bond donors (Lipinski definition) is 1. The zero-order valence-corrected chi connectivity index (χ0v) is 14.0. The largest absolute Gasteiger partial charge is 0.326 e. The van der Waals surface area contributed by atoms with Gasteiger partial charge in [-0.3, -0.25) is 14.7 Å². The summed E-state index contributed by atoms with van der Waals surface area (Å²) in [6, 6.07) is 13.3. The van der Waals surface area contributed by atoms with Crippen molar-refractivity contribution in [2.45, 2.75) is 19.3 Å². The Hall–Kier alpha value is -2.33. The van der Waals surface area contributed by atoms with E-state index in [0.29, 0.717) is 29.6 Å². The maximum Gasteiger partial charge on any atom is 0.260 e. The number of guanidine groups is 1. The molecular weight excluding hydrogens is 322 g/mol. The molecule has 0 spiro atoms. The van der Waals surface area contributed by atoms with E-state index < -0.39 is 0 Å². The number of fused-ring (bicyclic) bond motifs is 1. The lowest BCUT2D eigenvalue weighted by molar-refractivity contribution is 0.0858. The molecule has 0 radical (unpaired) electrons. The number of benzene rings is 2. The number of nitrogens with zero attached hydrogens (tertiary/aromatic N) is 2. The molecule has 2 aromatic carbocycles. The van der Waals surface area contributed by atoms with Gasteiger partial charge in [-0.15, -0.1) is 0 Å². The molecule has 5 heteroatoms. The van der Waals surface area contributed by atoms with Crippen LogP contribution in [0.5, 0.6) is 0 Å². The lowest BCUT2D eigenvalue weighted by atomic mass is 10.1. The van der Waals surface area contributed by atoms with Gasteiger partial charge in [0.2, 0.25) is 5.96 Å². The summed E-state index contributed by atoms with van der Waals surface area (Å²) in [6.07, 6.45) is 3.39. The number of halogens is 1. The van der Waals surface area contributed by atoms with E-state index >= 15 is 0 Å². The van der Waals surface area contributed by atoms with Crippen LogP contribution in [0.1, 0.15) is 27.9 Å². The summed E-state index contributed by atoms with van der Waals surface area (Å²) in [7, 11) is 0. The third-order valence-corrected chi connectivity index (χ3v) is 4.79. The third kappa shape index (κ3) is 2.78. The molecule has 0 unspecified atom stereocenters. The summed E-state index contributed by atoms with van der Waals surface area (Å²) < 4.78 is 0. The molecular formula is C19H18ClN3O. The van der Waals surface area contributed by atoms with Crippen LogP contribution >= 0.6 is 11.6 Å². The predicted octanol–water partition coefficient (Wildman–Crippen LogP) is 3.75. The lowest BCUT2D eigenvalue weighted by Crippen LogP contribution is -2.38. The first kappa shape index (κ1) is 15.2. The van der Waals surface area contributed by atoms with E-state index in [0.717, 1.165) is 18.5 Å². The Balaban J connectivity index is 1.58. The normalized spacial score (nSPS) is 16.0. The van der Waals surface area contributed by atoms with Crippen molar-refractivity contribution in [2.24, 2.45) is 4.99 Å². The average Bonchev–Trinajstić information content (AvgIpc) is 3.23. The van der Waals surface area contributed by atoms with Crippen LogP contribution in [0.2, 0.25) is 5.02 Å². The molecule has 4 nitrogen and oxygen atoms in total. The summed E-state index contributed by atoms with van der Waals surface area (Å²) in [5.41, 5.74) is 4.39. The van der Waals surface area contributed by atoms with E-state index in [9.17, 15) is 4.79 Å². The lowest BCUT2D eigenvalue weighted by Gasteiger charge is -2.20. The number of aryl methyl sites for hydroxylation is 1. The Labute approximate surface area is 146 Å². The van der Waals surface area contributed by atoms with Crippen molar-refractivity contribution in [3.05, 3.63) is 64.2 Å². The highest BCUT2D eigenvalue weighted by Gasteiger charge is 2.26. The Morgan fingerprint density at radius 1 is 1.17 bits per heavy atom. The molecule has 2 aromatic rings. The minimum atomic E-state index is -0.0752. The average molecular weight is 340 g/mol. The van der Waals surface area contributed by atoms with E-state index in [1.54, 1.807) is 29.2 Å². The Kier molecular flexibility index (Phi) is 3.98. The number of rotatable bonds is 2. The first-order valence-electron chi connectivity index (χ1n) is 8.22. The quantitative estimate of drug-likeness (QED) is 0.905. The van der Waals surface area contributed by atoms with E-state index in [1.807, 2.05) is 0 Å². The molecule has 4 rings (SSSR count). The van der Waals surface area contributed by atoms with Gasteiger partial charge in [-0.2, -0.15) is 0 Å². The molecule has 0 bridgehead atoms. The number of anilines is 1. The van der Waals surface area contributed by atoms with Crippen molar-refractivity contribution in [3.8, 4) is 0 Å². The van der Waals surface area contributed by atoms with Gasteiger partial charge in [-0.25, -0.2) is 0 Å². The molecule has 0 atom stereocenters. The van der Waals surface area contributed by atoms with Gasteiger partial charge in [0.1, 0.15) is 0 Å². The molecule has 1 aliphatic carbocycles. The standard InChI is InChI=1S/C19H18ClN3O/c20-15-7-1-6-14(12-15)18(24)23-11-10-21-19(23)22-17-9-3-5-13-4-2-8-16(13)17/h1,3,5-7,9,12H,2,4,8,10-11H2,(H,21,22). The molecule has 0 fully saturated rings. The number of hydrogen-bond acceptors (Lipinski definition) is 3. The van der Waals surface area contributed by atoms with Gasteiger partial charge in [0, 0.05) is 22.8 Å². The fourth-order valence-electron chi connectivity index (χ4n) is 3.39. The molecule has 0 aromatic heterocycles. The maximum atomic E-state index is 12.8. The number of amides is 1. The highest BCUT2D eigenvalue weighted by atomic mass is 35.5. The molecule has 0 saturated carbocycles. The van der Waals surface area contributed by atoms with Crippen LogP contribution in [0.25, 0.3) is 0 Å². The van der Waals surface area contributed by atoms with Crippen molar-refractivity contribution < 1.29 is 4.79 Å². The van der Waals surface area contributed by atoms with E-state index in [1.165, 1.54) is 17.5 Å². The summed E-state index contributed by atoms with van der Waals surface area (Å²) >= 11 is 6.01. The van der Waals surface area contributed by atoms with Crippen molar-refractivity contribution in [3.63, 3.8) is 0 Å². The Morgan fingerprint density at radius 3 is 2.92 bits per heavy atom. The van der Waals surface area contributed by atoms with Gasteiger partial charge in [0.15, 0.2) is 0 Å². The van der Waals surface area contributed by atoms with Crippen molar-refractivity contribution in [2.75, 3.05) is 18.4 Å². The fourth-order valence-corrected chi connectivity index (χ4v) is 3.58. The third-order valence-electron chi connectivity index (χ3n) is 4.55. The van der Waals surface area contributed by atoms with Crippen molar-refractivity contribution >= 4 is 29.2 Å². The topological polar surface area (TPSA) is 44.7 Å². The maximum absolute atomic E-state index is 12.8. The van der Waals surface area contributed by atoms with Crippen LogP contribution in [-0.4, -0.2) is 29.9 Å². The van der Waals surface area contributed by atoms with Gasteiger partial charge in [0.25, 0.3) is 5.91 Å². The zero-order chi connectivity index (χ0) is 16.5. The molecule has 1 heterocycles. The van der Waals surface area contributed by atoms with Gasteiger partial charge in [0.05, 0.1) is 6.54 Å². The highest BCUT2D eigenvalue weighted by molar-refractivity contribution is 6.31. The second kappa shape index (κ2) is 6.29. The second-order valence-electron chi connectivity index (χ2n) is 6.09. The molecule has 1 N–H and O–H groups in total. The first-order valence-corrected chi connectivity index (χ1v) is 8.60.